The van der Waals surface area contributed by atoms with Crippen LogP contribution in [0.15, 0.2) is 24.3 Å². The fraction of sp³-hybridized carbons (Fsp3) is 0.556. The minimum Gasteiger partial charge on any atom is -0.373 e. The largest absolute Gasteiger partial charge is 0.373 e. The highest BCUT2D eigenvalue weighted by molar-refractivity contribution is 6.30. The molecular formula is C18H25ClN2O3. The van der Waals surface area contributed by atoms with Crippen molar-refractivity contribution in [3.63, 3.8) is 0 Å². The average molecular weight is 353 g/mol. The summed E-state index contributed by atoms with van der Waals surface area (Å²) in [4.78, 5) is 24.0. The predicted octanol–water partition coefficient (Wildman–Crippen LogP) is 3.75. The van der Waals surface area contributed by atoms with Crippen LogP contribution in [0, 0.1) is 0 Å². The van der Waals surface area contributed by atoms with Gasteiger partial charge in [0.15, 0.2) is 0 Å². The van der Waals surface area contributed by atoms with E-state index in [1.54, 1.807) is 18.2 Å². The third-order valence-electron chi connectivity index (χ3n) is 4.24. The molecule has 2 aliphatic rings. The van der Waals surface area contributed by atoms with Gasteiger partial charge in [0.2, 0.25) is 0 Å². The summed E-state index contributed by atoms with van der Waals surface area (Å²) in [6.45, 7) is 4.88. The van der Waals surface area contributed by atoms with Gasteiger partial charge in [-0.3, -0.25) is 10.1 Å². The van der Waals surface area contributed by atoms with Gasteiger partial charge >= 0.3 is 6.03 Å². The number of benzene rings is 1. The summed E-state index contributed by atoms with van der Waals surface area (Å²) >= 11 is 6.04. The van der Waals surface area contributed by atoms with Crippen molar-refractivity contribution in [2.45, 2.75) is 57.6 Å². The molecule has 2 saturated heterocycles. The minimum absolute atomic E-state index is 0.301. The van der Waals surface area contributed by atoms with E-state index in [-0.39, 0.29) is 5.91 Å². The Morgan fingerprint density at radius 1 is 1.25 bits per heavy atom. The van der Waals surface area contributed by atoms with Crippen molar-refractivity contribution in [1.29, 1.82) is 0 Å². The average Bonchev–Trinajstić information content (AvgIpc) is 3.34. The molecule has 1 aromatic carbocycles. The topological polar surface area (TPSA) is 70.7 Å². The number of halogens is 1. The summed E-state index contributed by atoms with van der Waals surface area (Å²) in [6, 6.07) is 6.67. The molecule has 2 unspecified atom stereocenters. The molecular weight excluding hydrogens is 328 g/mol. The molecule has 0 aromatic heterocycles. The van der Waals surface area contributed by atoms with E-state index in [0.29, 0.717) is 17.5 Å². The van der Waals surface area contributed by atoms with Crippen LogP contribution >= 0.6 is 11.6 Å². The second-order valence-corrected chi connectivity index (χ2v) is 6.32. The number of nitrogens with one attached hydrogen (secondary N) is 2. The molecule has 2 atom stereocenters. The van der Waals surface area contributed by atoms with Crippen LogP contribution in [0.5, 0.6) is 0 Å². The van der Waals surface area contributed by atoms with Gasteiger partial charge in [0.25, 0.3) is 5.91 Å². The monoisotopic (exact) mass is 352 g/mol. The van der Waals surface area contributed by atoms with E-state index < -0.39 is 11.6 Å². The van der Waals surface area contributed by atoms with Crippen molar-refractivity contribution < 1.29 is 14.3 Å². The van der Waals surface area contributed by atoms with Gasteiger partial charge in [-0.1, -0.05) is 56.8 Å². The molecule has 0 aliphatic carbocycles. The predicted molar refractivity (Wildman–Crippen MR) is 94.0 cm³/mol. The smallest absolute Gasteiger partial charge is 0.322 e. The fourth-order valence-corrected chi connectivity index (χ4v) is 3.13. The number of urea groups is 1. The number of imide groups is 1. The molecule has 2 heterocycles. The van der Waals surface area contributed by atoms with Crippen LogP contribution in [0.3, 0.4) is 0 Å². The SMILES string of the molecule is CC.O=C1NC(=O)C(CCCCCC2CO2)(c2cccc(Cl)c2)N1. The first-order valence-corrected chi connectivity index (χ1v) is 8.99. The molecule has 6 heteroatoms. The zero-order valence-corrected chi connectivity index (χ0v) is 15.0. The Morgan fingerprint density at radius 3 is 2.58 bits per heavy atom. The van der Waals surface area contributed by atoms with Crippen molar-refractivity contribution in [3.05, 3.63) is 34.9 Å². The van der Waals surface area contributed by atoms with Crippen LogP contribution in [0.2, 0.25) is 5.02 Å². The number of unbranched alkanes of at least 4 members (excludes halogenated alkanes) is 2. The van der Waals surface area contributed by atoms with Crippen LogP contribution in [-0.4, -0.2) is 24.6 Å². The van der Waals surface area contributed by atoms with Gasteiger partial charge in [-0.2, -0.15) is 0 Å². The molecule has 24 heavy (non-hydrogen) atoms. The number of carbonyl (C=O) groups is 2. The van der Waals surface area contributed by atoms with Crippen LogP contribution in [0.25, 0.3) is 0 Å². The molecule has 3 amide bonds. The summed E-state index contributed by atoms with van der Waals surface area (Å²) < 4.78 is 5.19. The Morgan fingerprint density at radius 2 is 2.00 bits per heavy atom. The second-order valence-electron chi connectivity index (χ2n) is 5.88. The number of rotatable bonds is 7. The lowest BCUT2D eigenvalue weighted by molar-refractivity contribution is -0.124. The molecule has 2 N–H and O–H groups in total. The molecule has 1 aromatic rings. The Kier molecular flexibility index (Phi) is 6.63. The lowest BCUT2D eigenvalue weighted by Crippen LogP contribution is -2.43. The van der Waals surface area contributed by atoms with Gasteiger partial charge in [-0.05, 0) is 30.5 Å². The standard InChI is InChI=1S/C16H19ClN2O3.C2H6/c17-12-6-4-5-11(9-12)16(14(20)18-15(21)19-16)8-3-1-2-7-13-10-22-13;1-2/h4-6,9,13H,1-3,7-8,10H2,(H2,18,19,20,21);1-2H3. The normalized spacial score (nSPS) is 24.7. The maximum absolute atomic E-state index is 12.3. The molecule has 2 fully saturated rings. The van der Waals surface area contributed by atoms with Crippen molar-refractivity contribution >= 4 is 23.5 Å². The Bertz CT molecular complexity index is 589. The fourth-order valence-electron chi connectivity index (χ4n) is 2.94. The molecule has 0 spiro atoms. The maximum Gasteiger partial charge on any atom is 0.322 e. The van der Waals surface area contributed by atoms with Crippen molar-refractivity contribution in [2.24, 2.45) is 0 Å². The molecule has 0 bridgehead atoms. The Hall–Kier alpha value is -1.59. The third kappa shape index (κ3) is 4.48. The third-order valence-corrected chi connectivity index (χ3v) is 4.47. The number of amides is 3. The first kappa shape index (κ1) is 18.7. The number of hydrogen-bond acceptors (Lipinski definition) is 3. The van der Waals surface area contributed by atoms with Crippen molar-refractivity contribution in [2.75, 3.05) is 6.61 Å². The van der Waals surface area contributed by atoms with E-state index >= 15 is 0 Å². The number of hydrogen-bond donors (Lipinski definition) is 2. The zero-order chi connectivity index (χ0) is 17.6. The van der Waals surface area contributed by atoms with Crippen molar-refractivity contribution in [3.8, 4) is 0 Å². The molecule has 0 radical (unpaired) electrons. The summed E-state index contributed by atoms with van der Waals surface area (Å²) in [6.07, 6.45) is 5.01. The first-order chi connectivity index (χ1) is 11.6. The lowest BCUT2D eigenvalue weighted by Gasteiger charge is -2.26. The zero-order valence-electron chi connectivity index (χ0n) is 14.2. The van der Waals surface area contributed by atoms with E-state index in [1.165, 1.54) is 0 Å². The minimum atomic E-state index is -1.00. The van der Waals surface area contributed by atoms with Crippen LogP contribution < -0.4 is 10.6 Å². The number of carbonyl (C=O) groups excluding carboxylic acids is 2. The summed E-state index contributed by atoms with van der Waals surface area (Å²) in [5.74, 6) is -0.301. The van der Waals surface area contributed by atoms with E-state index in [1.807, 2.05) is 19.9 Å². The Labute approximate surface area is 148 Å². The van der Waals surface area contributed by atoms with Crippen LogP contribution in [-0.2, 0) is 15.1 Å². The molecule has 2 aliphatic heterocycles. The van der Waals surface area contributed by atoms with Crippen molar-refractivity contribution in [1.82, 2.24) is 10.6 Å². The van der Waals surface area contributed by atoms with Crippen LogP contribution in [0.4, 0.5) is 4.79 Å². The number of ether oxygens (including phenoxy) is 1. The first-order valence-electron chi connectivity index (χ1n) is 8.61. The van der Waals surface area contributed by atoms with Gasteiger partial charge < -0.3 is 10.1 Å². The van der Waals surface area contributed by atoms with E-state index in [4.69, 9.17) is 16.3 Å². The highest BCUT2D eigenvalue weighted by Crippen LogP contribution is 2.32. The van der Waals surface area contributed by atoms with E-state index in [0.717, 1.165) is 37.9 Å². The Balaban J connectivity index is 0.00000100. The van der Waals surface area contributed by atoms with Gasteiger partial charge in [0.05, 0.1) is 12.7 Å². The van der Waals surface area contributed by atoms with Gasteiger partial charge in [0, 0.05) is 5.02 Å². The molecule has 5 nitrogen and oxygen atoms in total. The lowest BCUT2D eigenvalue weighted by atomic mass is 9.84. The quantitative estimate of drug-likeness (QED) is 0.446. The second kappa shape index (κ2) is 8.49. The molecule has 132 valence electrons. The van der Waals surface area contributed by atoms with Gasteiger partial charge in [0.1, 0.15) is 5.54 Å². The molecule has 0 saturated carbocycles. The van der Waals surface area contributed by atoms with Crippen LogP contribution in [0.1, 0.15) is 51.5 Å². The summed E-state index contributed by atoms with van der Waals surface area (Å²) in [7, 11) is 0. The highest BCUT2D eigenvalue weighted by atomic mass is 35.5. The van der Waals surface area contributed by atoms with E-state index in [9.17, 15) is 9.59 Å². The van der Waals surface area contributed by atoms with Gasteiger partial charge in [-0.15, -0.1) is 0 Å². The molecule has 3 rings (SSSR count). The summed E-state index contributed by atoms with van der Waals surface area (Å²) in [5.41, 5.74) is -0.271. The van der Waals surface area contributed by atoms with E-state index in [2.05, 4.69) is 10.6 Å². The summed E-state index contributed by atoms with van der Waals surface area (Å²) in [5, 5.41) is 5.68. The van der Waals surface area contributed by atoms with Gasteiger partial charge in [-0.25, -0.2) is 4.79 Å². The number of epoxide rings is 1. The highest BCUT2D eigenvalue weighted by Gasteiger charge is 2.47. The maximum atomic E-state index is 12.3.